The van der Waals surface area contributed by atoms with Gasteiger partial charge in [-0.05, 0) is 17.7 Å². The Bertz CT molecular complexity index is 518. The van der Waals surface area contributed by atoms with Gasteiger partial charge in [0, 0.05) is 27.2 Å². The second-order valence-electron chi connectivity index (χ2n) is 4.99. The summed E-state index contributed by atoms with van der Waals surface area (Å²) in [6.07, 6.45) is 0. The van der Waals surface area contributed by atoms with Gasteiger partial charge in [0.25, 0.3) is 0 Å². The van der Waals surface area contributed by atoms with E-state index in [4.69, 9.17) is 23.7 Å². The summed E-state index contributed by atoms with van der Waals surface area (Å²) in [6, 6.07) is 3.80. The van der Waals surface area contributed by atoms with E-state index < -0.39 is 0 Å². The van der Waals surface area contributed by atoms with Crippen molar-refractivity contribution in [3.8, 4) is 17.2 Å². The zero-order valence-corrected chi connectivity index (χ0v) is 18.4. The molecule has 0 amide bonds. The average molecular weight is 483 g/mol. The van der Waals surface area contributed by atoms with Gasteiger partial charge >= 0.3 is 0 Å². The summed E-state index contributed by atoms with van der Waals surface area (Å²) in [5, 5.41) is 6.42. The fourth-order valence-electron chi connectivity index (χ4n) is 2.13. The molecule has 8 nitrogen and oxygen atoms in total. The number of hydrogen-bond donors (Lipinski definition) is 2. The Morgan fingerprint density at radius 2 is 1.58 bits per heavy atom. The molecule has 150 valence electrons. The summed E-state index contributed by atoms with van der Waals surface area (Å²) in [4.78, 5) is 4.18. The maximum atomic E-state index is 5.40. The summed E-state index contributed by atoms with van der Waals surface area (Å²) in [6.45, 7) is 2.96. The average Bonchev–Trinajstić information content (AvgIpc) is 2.65. The molecule has 0 saturated carbocycles. The van der Waals surface area contributed by atoms with E-state index in [-0.39, 0.29) is 24.0 Å². The molecule has 0 aliphatic heterocycles. The number of halogens is 1. The van der Waals surface area contributed by atoms with Crippen LogP contribution in [-0.4, -0.2) is 67.8 Å². The van der Waals surface area contributed by atoms with Crippen molar-refractivity contribution in [2.24, 2.45) is 4.99 Å². The van der Waals surface area contributed by atoms with Gasteiger partial charge in [-0.2, -0.15) is 0 Å². The van der Waals surface area contributed by atoms with Crippen molar-refractivity contribution in [2.45, 2.75) is 6.54 Å². The van der Waals surface area contributed by atoms with Gasteiger partial charge in [-0.25, -0.2) is 0 Å². The number of aliphatic imine (C=N–C) groups is 1. The van der Waals surface area contributed by atoms with E-state index in [1.54, 1.807) is 35.5 Å². The molecule has 9 heteroatoms. The quantitative estimate of drug-likeness (QED) is 0.215. The van der Waals surface area contributed by atoms with Crippen LogP contribution in [0.3, 0.4) is 0 Å². The van der Waals surface area contributed by atoms with Crippen LogP contribution in [0, 0.1) is 0 Å². The molecule has 0 aliphatic carbocycles. The van der Waals surface area contributed by atoms with E-state index in [0.29, 0.717) is 56.1 Å². The molecule has 0 saturated heterocycles. The molecule has 0 bridgehead atoms. The van der Waals surface area contributed by atoms with Gasteiger partial charge in [0.15, 0.2) is 17.5 Å². The highest BCUT2D eigenvalue weighted by molar-refractivity contribution is 14.0. The number of benzene rings is 1. The van der Waals surface area contributed by atoms with Crippen molar-refractivity contribution in [3.63, 3.8) is 0 Å². The van der Waals surface area contributed by atoms with Crippen molar-refractivity contribution in [2.75, 3.05) is 61.9 Å². The van der Waals surface area contributed by atoms with Crippen LogP contribution in [0.1, 0.15) is 5.56 Å². The third-order valence-electron chi connectivity index (χ3n) is 3.38. The van der Waals surface area contributed by atoms with Gasteiger partial charge in [0.2, 0.25) is 5.75 Å². The molecule has 0 unspecified atom stereocenters. The van der Waals surface area contributed by atoms with Crippen molar-refractivity contribution < 1.29 is 23.7 Å². The Kier molecular flexibility index (Phi) is 13.9. The second kappa shape index (κ2) is 14.7. The molecule has 0 atom stereocenters. The van der Waals surface area contributed by atoms with Crippen molar-refractivity contribution in [1.82, 2.24) is 10.6 Å². The summed E-state index contributed by atoms with van der Waals surface area (Å²) in [7, 11) is 8.14. The molecule has 0 fully saturated rings. The minimum absolute atomic E-state index is 0. The summed E-state index contributed by atoms with van der Waals surface area (Å²) >= 11 is 0. The summed E-state index contributed by atoms with van der Waals surface area (Å²) in [5.41, 5.74) is 0.980. The predicted octanol–water partition coefficient (Wildman–Crippen LogP) is 1.66. The number of hydrogen-bond acceptors (Lipinski definition) is 6. The Balaban J connectivity index is 0.00000625. The number of nitrogens with zero attached hydrogens (tertiary/aromatic N) is 1. The first-order chi connectivity index (χ1) is 12.2. The van der Waals surface area contributed by atoms with Crippen LogP contribution in [0.25, 0.3) is 0 Å². The van der Waals surface area contributed by atoms with E-state index in [0.717, 1.165) is 5.56 Å². The molecule has 26 heavy (non-hydrogen) atoms. The minimum atomic E-state index is 0. The molecule has 0 aromatic heterocycles. The lowest BCUT2D eigenvalue weighted by molar-refractivity contribution is 0.0733. The highest BCUT2D eigenvalue weighted by atomic mass is 127. The van der Waals surface area contributed by atoms with Crippen LogP contribution >= 0.6 is 24.0 Å². The first kappa shape index (κ1) is 24.5. The Morgan fingerprint density at radius 3 is 2.08 bits per heavy atom. The smallest absolute Gasteiger partial charge is 0.203 e. The van der Waals surface area contributed by atoms with E-state index in [9.17, 15) is 0 Å². The Hall–Kier alpha value is -1.46. The molecular formula is C17H30IN3O5. The van der Waals surface area contributed by atoms with E-state index in [1.807, 2.05) is 12.1 Å². The SMILES string of the molecule is CN=C(NCCOCCOC)NCc1cc(OC)c(OC)c(OC)c1.I. The minimum Gasteiger partial charge on any atom is -0.493 e. The van der Waals surface area contributed by atoms with E-state index >= 15 is 0 Å². The van der Waals surface area contributed by atoms with Crippen LogP contribution in [0.15, 0.2) is 17.1 Å². The molecule has 0 aliphatic rings. The van der Waals surface area contributed by atoms with Crippen LogP contribution in [-0.2, 0) is 16.0 Å². The van der Waals surface area contributed by atoms with Gasteiger partial charge in [-0.1, -0.05) is 0 Å². The zero-order chi connectivity index (χ0) is 18.5. The van der Waals surface area contributed by atoms with Gasteiger partial charge in [-0.3, -0.25) is 4.99 Å². The molecule has 0 heterocycles. The van der Waals surface area contributed by atoms with E-state index in [2.05, 4.69) is 15.6 Å². The summed E-state index contributed by atoms with van der Waals surface area (Å²) < 4.78 is 26.4. The molecular weight excluding hydrogens is 453 g/mol. The van der Waals surface area contributed by atoms with Crippen molar-refractivity contribution in [3.05, 3.63) is 17.7 Å². The number of ether oxygens (including phenoxy) is 5. The maximum absolute atomic E-state index is 5.40. The van der Waals surface area contributed by atoms with Crippen LogP contribution < -0.4 is 24.8 Å². The van der Waals surface area contributed by atoms with Gasteiger partial charge < -0.3 is 34.3 Å². The van der Waals surface area contributed by atoms with Gasteiger partial charge in [0.1, 0.15) is 0 Å². The zero-order valence-electron chi connectivity index (χ0n) is 16.1. The standard InChI is InChI=1S/C17H29N3O5.HI/c1-18-17(19-6-7-25-9-8-21-2)20-12-13-10-14(22-3)16(24-5)15(11-13)23-4;/h10-11H,6-9,12H2,1-5H3,(H2,18,19,20);1H. The molecule has 1 rings (SSSR count). The first-order valence-electron chi connectivity index (χ1n) is 8.00. The lowest BCUT2D eigenvalue weighted by atomic mass is 10.2. The lowest BCUT2D eigenvalue weighted by Crippen LogP contribution is -2.38. The Labute approximate surface area is 172 Å². The van der Waals surface area contributed by atoms with Gasteiger partial charge in [-0.15, -0.1) is 24.0 Å². The van der Waals surface area contributed by atoms with Crippen molar-refractivity contribution >= 4 is 29.9 Å². The van der Waals surface area contributed by atoms with Crippen molar-refractivity contribution in [1.29, 1.82) is 0 Å². The van der Waals surface area contributed by atoms with Crippen LogP contribution in [0.5, 0.6) is 17.2 Å². The largest absolute Gasteiger partial charge is 0.493 e. The normalized spacial score (nSPS) is 10.7. The maximum Gasteiger partial charge on any atom is 0.203 e. The fourth-order valence-corrected chi connectivity index (χ4v) is 2.13. The fraction of sp³-hybridized carbons (Fsp3) is 0.588. The number of methoxy groups -OCH3 is 4. The van der Waals surface area contributed by atoms with Crippen LogP contribution in [0.2, 0.25) is 0 Å². The lowest BCUT2D eigenvalue weighted by Gasteiger charge is -2.16. The number of guanidine groups is 1. The molecule has 2 N–H and O–H groups in total. The number of nitrogens with one attached hydrogen (secondary N) is 2. The third-order valence-corrected chi connectivity index (χ3v) is 3.38. The molecule has 1 aromatic carbocycles. The predicted molar refractivity (Wildman–Crippen MR) is 112 cm³/mol. The molecule has 1 aromatic rings. The molecule has 0 spiro atoms. The highest BCUT2D eigenvalue weighted by Crippen LogP contribution is 2.38. The molecule has 0 radical (unpaired) electrons. The van der Waals surface area contributed by atoms with E-state index in [1.165, 1.54) is 0 Å². The monoisotopic (exact) mass is 483 g/mol. The third kappa shape index (κ3) is 8.28. The topological polar surface area (TPSA) is 82.6 Å². The number of rotatable bonds is 11. The summed E-state index contributed by atoms with van der Waals surface area (Å²) in [5.74, 6) is 2.50. The highest BCUT2D eigenvalue weighted by Gasteiger charge is 2.13. The first-order valence-corrected chi connectivity index (χ1v) is 8.00. The van der Waals surface area contributed by atoms with Crippen LogP contribution in [0.4, 0.5) is 0 Å². The second-order valence-corrected chi connectivity index (χ2v) is 4.99. The Morgan fingerprint density at radius 1 is 0.923 bits per heavy atom. The van der Waals surface area contributed by atoms with Gasteiger partial charge in [0.05, 0.1) is 41.2 Å².